The van der Waals surface area contributed by atoms with E-state index in [1.807, 2.05) is 23.8 Å². The average molecular weight is 289 g/mol. The van der Waals surface area contributed by atoms with Gasteiger partial charge in [-0.2, -0.15) is 0 Å². The number of halogens is 1. The number of imidazole rings is 1. The number of hydrogen-bond donors (Lipinski definition) is 2. The molecule has 0 aliphatic rings. The van der Waals surface area contributed by atoms with E-state index in [1.54, 1.807) is 18.6 Å². The van der Waals surface area contributed by atoms with Gasteiger partial charge >= 0.3 is 0 Å². The quantitative estimate of drug-likeness (QED) is 0.629. The molecule has 0 saturated carbocycles. The number of benzene rings is 1. The molecule has 1 heterocycles. The zero-order valence-electron chi connectivity index (χ0n) is 12.1. The van der Waals surface area contributed by atoms with E-state index in [1.165, 1.54) is 12.1 Å². The predicted molar refractivity (Wildman–Crippen MR) is 81.4 cm³/mol. The zero-order chi connectivity index (χ0) is 14.9. The van der Waals surface area contributed by atoms with Gasteiger partial charge in [0.2, 0.25) is 0 Å². The fraction of sp³-hybridized carbons (Fsp3) is 0.333. The van der Waals surface area contributed by atoms with Gasteiger partial charge in [-0.1, -0.05) is 12.1 Å². The number of aliphatic imine (C=N–C) groups is 1. The minimum atomic E-state index is -0.235. The van der Waals surface area contributed by atoms with Crippen LogP contribution in [0.4, 0.5) is 4.39 Å². The summed E-state index contributed by atoms with van der Waals surface area (Å²) in [5.41, 5.74) is 0.849. The summed E-state index contributed by atoms with van der Waals surface area (Å²) >= 11 is 0. The van der Waals surface area contributed by atoms with Crippen LogP contribution in [0.3, 0.4) is 0 Å². The van der Waals surface area contributed by atoms with Crippen LogP contribution in [0.25, 0.3) is 0 Å². The Bertz CT molecular complexity index is 565. The largest absolute Gasteiger partial charge is 0.357 e. The molecule has 1 aromatic carbocycles. The molecule has 0 aliphatic carbocycles. The molecule has 0 aliphatic heterocycles. The van der Waals surface area contributed by atoms with Crippen LogP contribution in [0.2, 0.25) is 0 Å². The third-order valence-electron chi connectivity index (χ3n) is 2.87. The highest BCUT2D eigenvalue weighted by molar-refractivity contribution is 5.79. The third kappa shape index (κ3) is 5.25. The highest BCUT2D eigenvalue weighted by Crippen LogP contribution is 2.04. The molecule has 1 aromatic heterocycles. The monoisotopic (exact) mass is 289 g/mol. The molecule has 0 spiro atoms. The summed E-state index contributed by atoms with van der Waals surface area (Å²) < 4.78 is 15.1. The molecule has 21 heavy (non-hydrogen) atoms. The normalized spacial score (nSPS) is 11.4. The maximum atomic E-state index is 13.1. The van der Waals surface area contributed by atoms with Crippen LogP contribution in [0.5, 0.6) is 0 Å². The molecule has 0 saturated heterocycles. The van der Waals surface area contributed by atoms with Crippen molar-refractivity contribution in [1.29, 1.82) is 0 Å². The van der Waals surface area contributed by atoms with Gasteiger partial charge in [-0.3, -0.25) is 0 Å². The molecule has 112 valence electrons. The molecular formula is C15H20FN5. The second-order valence-corrected chi connectivity index (χ2v) is 4.55. The Morgan fingerprint density at radius 2 is 2.29 bits per heavy atom. The Morgan fingerprint density at radius 1 is 1.38 bits per heavy atom. The van der Waals surface area contributed by atoms with Crippen molar-refractivity contribution in [1.82, 2.24) is 20.2 Å². The van der Waals surface area contributed by atoms with Crippen LogP contribution >= 0.6 is 0 Å². The molecule has 2 rings (SSSR count). The number of nitrogens with zero attached hydrogens (tertiary/aromatic N) is 3. The number of nitrogens with one attached hydrogen (secondary N) is 2. The number of guanidine groups is 1. The molecule has 2 N–H and O–H groups in total. The van der Waals surface area contributed by atoms with Crippen LogP contribution in [0.1, 0.15) is 12.5 Å². The fourth-order valence-corrected chi connectivity index (χ4v) is 1.87. The van der Waals surface area contributed by atoms with Crippen molar-refractivity contribution in [3.8, 4) is 0 Å². The standard InChI is InChI=1S/C15H20FN5/c1-2-18-15(19-7-9-21-8-6-17-12-21)20-11-13-4-3-5-14(16)10-13/h3-6,8,10,12H,2,7,9,11H2,1H3,(H2,18,19,20). The highest BCUT2D eigenvalue weighted by atomic mass is 19.1. The molecule has 0 fully saturated rings. The van der Waals surface area contributed by atoms with Gasteiger partial charge in [0.15, 0.2) is 5.96 Å². The summed E-state index contributed by atoms with van der Waals surface area (Å²) in [4.78, 5) is 8.44. The van der Waals surface area contributed by atoms with Gasteiger partial charge in [0.1, 0.15) is 5.82 Å². The van der Waals surface area contributed by atoms with Crippen molar-refractivity contribution in [3.63, 3.8) is 0 Å². The van der Waals surface area contributed by atoms with Crippen LogP contribution in [-0.2, 0) is 13.1 Å². The van der Waals surface area contributed by atoms with Gasteiger partial charge in [-0.25, -0.2) is 14.4 Å². The summed E-state index contributed by atoms with van der Waals surface area (Å²) in [5, 5.41) is 6.41. The van der Waals surface area contributed by atoms with Crippen molar-refractivity contribution in [2.24, 2.45) is 4.99 Å². The van der Waals surface area contributed by atoms with Crippen molar-refractivity contribution < 1.29 is 4.39 Å². The van der Waals surface area contributed by atoms with E-state index in [9.17, 15) is 4.39 Å². The van der Waals surface area contributed by atoms with Crippen LogP contribution < -0.4 is 10.6 Å². The van der Waals surface area contributed by atoms with Crippen molar-refractivity contribution in [2.75, 3.05) is 13.1 Å². The number of aromatic nitrogens is 2. The molecule has 5 nitrogen and oxygen atoms in total. The molecule has 0 radical (unpaired) electrons. The second-order valence-electron chi connectivity index (χ2n) is 4.55. The van der Waals surface area contributed by atoms with E-state index in [4.69, 9.17) is 0 Å². The van der Waals surface area contributed by atoms with Gasteiger partial charge in [-0.05, 0) is 24.6 Å². The Morgan fingerprint density at radius 3 is 3.00 bits per heavy atom. The first-order valence-electron chi connectivity index (χ1n) is 7.00. The van der Waals surface area contributed by atoms with E-state index in [0.29, 0.717) is 6.54 Å². The van der Waals surface area contributed by atoms with E-state index in [2.05, 4.69) is 20.6 Å². The molecule has 2 aromatic rings. The average Bonchev–Trinajstić information content (AvgIpc) is 2.98. The van der Waals surface area contributed by atoms with Gasteiger partial charge in [-0.15, -0.1) is 0 Å². The first kappa shape index (κ1) is 15.0. The Hall–Kier alpha value is -2.37. The highest BCUT2D eigenvalue weighted by Gasteiger charge is 1.98. The zero-order valence-corrected chi connectivity index (χ0v) is 12.1. The summed E-state index contributed by atoms with van der Waals surface area (Å²) in [6.45, 7) is 4.78. The maximum absolute atomic E-state index is 13.1. The van der Waals surface area contributed by atoms with Crippen molar-refractivity contribution >= 4 is 5.96 Å². The topological polar surface area (TPSA) is 54.2 Å². The smallest absolute Gasteiger partial charge is 0.191 e. The Labute approximate surface area is 123 Å². The molecule has 0 bridgehead atoms. The summed E-state index contributed by atoms with van der Waals surface area (Å²) in [7, 11) is 0. The van der Waals surface area contributed by atoms with Gasteiger partial charge in [0.05, 0.1) is 12.9 Å². The minimum absolute atomic E-state index is 0.235. The first-order chi connectivity index (χ1) is 10.3. The van der Waals surface area contributed by atoms with E-state index in [-0.39, 0.29) is 5.82 Å². The van der Waals surface area contributed by atoms with Crippen LogP contribution in [0.15, 0.2) is 48.0 Å². The van der Waals surface area contributed by atoms with Crippen molar-refractivity contribution in [3.05, 3.63) is 54.4 Å². The van der Waals surface area contributed by atoms with Crippen molar-refractivity contribution in [2.45, 2.75) is 20.0 Å². The number of rotatable bonds is 6. The maximum Gasteiger partial charge on any atom is 0.191 e. The lowest BCUT2D eigenvalue weighted by Gasteiger charge is -2.11. The summed E-state index contributed by atoms with van der Waals surface area (Å²) in [6, 6.07) is 6.49. The van der Waals surface area contributed by atoms with E-state index in [0.717, 1.165) is 31.2 Å². The number of hydrogen-bond acceptors (Lipinski definition) is 2. The fourth-order valence-electron chi connectivity index (χ4n) is 1.87. The lowest BCUT2D eigenvalue weighted by molar-refractivity contribution is 0.625. The second kappa shape index (κ2) is 8.04. The van der Waals surface area contributed by atoms with Gasteiger partial charge < -0.3 is 15.2 Å². The molecule has 0 amide bonds. The lowest BCUT2D eigenvalue weighted by Crippen LogP contribution is -2.38. The third-order valence-corrected chi connectivity index (χ3v) is 2.87. The molecule has 6 heteroatoms. The minimum Gasteiger partial charge on any atom is -0.357 e. The molecule has 0 atom stereocenters. The van der Waals surface area contributed by atoms with Crippen LogP contribution in [-0.4, -0.2) is 28.6 Å². The predicted octanol–water partition coefficient (Wildman–Crippen LogP) is 1.78. The molecular weight excluding hydrogens is 269 g/mol. The van der Waals surface area contributed by atoms with E-state index >= 15 is 0 Å². The summed E-state index contributed by atoms with van der Waals surface area (Å²) in [6.07, 6.45) is 5.44. The Kier molecular flexibility index (Phi) is 5.75. The lowest BCUT2D eigenvalue weighted by atomic mass is 10.2. The SMILES string of the molecule is CCNC(=NCc1cccc(F)c1)NCCn1ccnc1. The van der Waals surface area contributed by atoms with Gasteiger partial charge in [0.25, 0.3) is 0 Å². The van der Waals surface area contributed by atoms with Crippen LogP contribution in [0, 0.1) is 5.82 Å². The van der Waals surface area contributed by atoms with E-state index < -0.39 is 0 Å². The summed E-state index contributed by atoms with van der Waals surface area (Å²) in [5.74, 6) is 0.489. The Balaban J connectivity index is 1.86. The van der Waals surface area contributed by atoms with Gasteiger partial charge in [0, 0.05) is 32.0 Å². The first-order valence-corrected chi connectivity index (χ1v) is 7.00. The molecule has 0 unspecified atom stereocenters.